The van der Waals surface area contributed by atoms with Gasteiger partial charge in [0.25, 0.3) is 0 Å². The van der Waals surface area contributed by atoms with E-state index >= 15 is 0 Å². The van der Waals surface area contributed by atoms with Crippen LogP contribution in [0.15, 0.2) is 11.6 Å². The molecule has 2 saturated carbocycles. The monoisotopic (exact) mass is 339 g/mol. The Labute approximate surface area is 141 Å². The predicted molar refractivity (Wildman–Crippen MR) is 93.4 cm³/mol. The average molecular weight is 340 g/mol. The van der Waals surface area contributed by atoms with Gasteiger partial charge >= 0.3 is 6.03 Å². The normalized spacial score (nSPS) is 25.9. The molecule has 2 aliphatic rings. The van der Waals surface area contributed by atoms with Gasteiger partial charge in [0.15, 0.2) is 0 Å². The molecule has 1 heterocycles. The van der Waals surface area contributed by atoms with Crippen molar-refractivity contribution in [2.45, 2.75) is 56.4 Å². The van der Waals surface area contributed by atoms with Crippen molar-refractivity contribution in [2.75, 3.05) is 12.8 Å². The molecule has 3 atom stereocenters. The fourth-order valence-corrected chi connectivity index (χ4v) is 5.17. The largest absolute Gasteiger partial charge is 0.328 e. The molecular formula is C16H25N3OS2. The zero-order valence-electron chi connectivity index (χ0n) is 13.3. The van der Waals surface area contributed by atoms with Crippen molar-refractivity contribution in [3.05, 3.63) is 16.6 Å². The molecule has 0 aromatic carbocycles. The van der Waals surface area contributed by atoms with E-state index in [1.807, 2.05) is 35.3 Å². The molecule has 1 aromatic rings. The molecule has 0 aliphatic heterocycles. The molecule has 4 nitrogen and oxygen atoms in total. The number of nitrogens with one attached hydrogen (secondary N) is 1. The Bertz CT molecular complexity index is 490. The number of aromatic nitrogens is 1. The van der Waals surface area contributed by atoms with Crippen molar-refractivity contribution in [2.24, 2.45) is 5.92 Å². The van der Waals surface area contributed by atoms with E-state index in [1.54, 1.807) is 11.3 Å². The van der Waals surface area contributed by atoms with Crippen LogP contribution in [-0.4, -0.2) is 40.0 Å². The molecule has 2 fully saturated rings. The van der Waals surface area contributed by atoms with Gasteiger partial charge < -0.3 is 10.2 Å². The highest BCUT2D eigenvalue weighted by Crippen LogP contribution is 2.41. The molecule has 0 unspecified atom stereocenters. The number of hydrogen-bond donors (Lipinski definition) is 1. The summed E-state index contributed by atoms with van der Waals surface area (Å²) in [6.07, 6.45) is 7.73. The van der Waals surface area contributed by atoms with E-state index < -0.39 is 0 Å². The van der Waals surface area contributed by atoms with Gasteiger partial charge in [0.2, 0.25) is 0 Å². The van der Waals surface area contributed by atoms with Gasteiger partial charge in [-0.15, -0.1) is 11.3 Å². The molecule has 22 heavy (non-hydrogen) atoms. The second kappa shape index (κ2) is 7.21. The standard InChI is InChI=1S/C16H25N3OS2/c1-3-21-13-7-6-12(10-13)19(2)16(20)18-14(11-4-5-11)15-17-8-9-22-15/h8-9,11-14H,3-7,10H2,1-2H3,(H,18,20)/t12-,13-,14+/m1/s1. The minimum Gasteiger partial charge on any atom is -0.328 e. The zero-order valence-corrected chi connectivity index (χ0v) is 15.0. The van der Waals surface area contributed by atoms with Gasteiger partial charge in [0, 0.05) is 29.9 Å². The van der Waals surface area contributed by atoms with E-state index in [0.717, 1.165) is 23.1 Å². The molecule has 0 radical (unpaired) electrons. The van der Waals surface area contributed by atoms with Crippen LogP contribution in [0.2, 0.25) is 0 Å². The van der Waals surface area contributed by atoms with E-state index in [-0.39, 0.29) is 12.1 Å². The van der Waals surface area contributed by atoms with Gasteiger partial charge in [-0.1, -0.05) is 6.92 Å². The maximum atomic E-state index is 12.6. The van der Waals surface area contributed by atoms with Crippen LogP contribution in [0.1, 0.15) is 50.1 Å². The SMILES string of the molecule is CCS[C@@H]1CC[C@@H](N(C)C(=O)N[C@H](c2nccs2)C2CC2)C1. The summed E-state index contributed by atoms with van der Waals surface area (Å²) in [7, 11) is 1.95. The quantitative estimate of drug-likeness (QED) is 0.854. The van der Waals surface area contributed by atoms with Crippen LogP contribution in [-0.2, 0) is 0 Å². The number of thiazole rings is 1. The lowest BCUT2D eigenvalue weighted by molar-refractivity contribution is 0.185. The summed E-state index contributed by atoms with van der Waals surface area (Å²) in [5.74, 6) is 1.75. The number of thioether (sulfide) groups is 1. The van der Waals surface area contributed by atoms with E-state index in [4.69, 9.17) is 0 Å². The van der Waals surface area contributed by atoms with Crippen LogP contribution in [0.4, 0.5) is 4.79 Å². The van der Waals surface area contributed by atoms with Crippen molar-refractivity contribution >= 4 is 29.1 Å². The number of amides is 2. The summed E-state index contributed by atoms with van der Waals surface area (Å²) in [5.41, 5.74) is 0. The van der Waals surface area contributed by atoms with Crippen LogP contribution >= 0.6 is 23.1 Å². The van der Waals surface area contributed by atoms with Crippen LogP contribution in [0.5, 0.6) is 0 Å². The molecule has 0 spiro atoms. The fourth-order valence-electron chi connectivity index (χ4n) is 3.26. The van der Waals surface area contributed by atoms with Gasteiger partial charge in [-0.05, 0) is 43.8 Å². The fraction of sp³-hybridized carbons (Fsp3) is 0.750. The highest BCUT2D eigenvalue weighted by Gasteiger charge is 2.37. The molecule has 1 aromatic heterocycles. The Morgan fingerprint density at radius 3 is 2.95 bits per heavy atom. The van der Waals surface area contributed by atoms with Gasteiger partial charge in [-0.3, -0.25) is 0 Å². The summed E-state index contributed by atoms with van der Waals surface area (Å²) in [5, 5.41) is 7.00. The summed E-state index contributed by atoms with van der Waals surface area (Å²) in [6, 6.07) is 0.566. The van der Waals surface area contributed by atoms with Crippen molar-refractivity contribution in [3.63, 3.8) is 0 Å². The lowest BCUT2D eigenvalue weighted by Crippen LogP contribution is -2.44. The van der Waals surface area contributed by atoms with Crippen molar-refractivity contribution in [1.82, 2.24) is 15.2 Å². The van der Waals surface area contributed by atoms with Crippen LogP contribution in [0.3, 0.4) is 0 Å². The lowest BCUT2D eigenvalue weighted by atomic mass is 10.2. The maximum Gasteiger partial charge on any atom is 0.317 e. The smallest absolute Gasteiger partial charge is 0.317 e. The van der Waals surface area contributed by atoms with Gasteiger partial charge in [-0.2, -0.15) is 11.8 Å². The van der Waals surface area contributed by atoms with Crippen molar-refractivity contribution < 1.29 is 4.79 Å². The van der Waals surface area contributed by atoms with E-state index in [9.17, 15) is 4.79 Å². The minimum atomic E-state index is 0.0687. The van der Waals surface area contributed by atoms with Crippen LogP contribution < -0.4 is 5.32 Å². The Balaban J connectivity index is 1.56. The molecule has 3 rings (SSSR count). The second-order valence-corrected chi connectivity index (χ2v) is 8.79. The first kappa shape index (κ1) is 16.1. The summed E-state index contributed by atoms with van der Waals surface area (Å²) in [6.45, 7) is 2.21. The minimum absolute atomic E-state index is 0.0687. The van der Waals surface area contributed by atoms with Crippen molar-refractivity contribution in [3.8, 4) is 0 Å². The maximum absolute atomic E-state index is 12.6. The number of hydrogen-bond acceptors (Lipinski definition) is 4. The van der Waals surface area contributed by atoms with Gasteiger partial charge in [0.1, 0.15) is 5.01 Å². The molecule has 1 N–H and O–H groups in total. The molecule has 0 saturated heterocycles. The first-order valence-corrected chi connectivity index (χ1v) is 10.2. The van der Waals surface area contributed by atoms with Crippen LogP contribution in [0, 0.1) is 5.92 Å². The highest BCUT2D eigenvalue weighted by molar-refractivity contribution is 7.99. The van der Waals surface area contributed by atoms with Gasteiger partial charge in [-0.25, -0.2) is 9.78 Å². The van der Waals surface area contributed by atoms with Crippen molar-refractivity contribution in [1.29, 1.82) is 0 Å². The Morgan fingerprint density at radius 1 is 1.50 bits per heavy atom. The third kappa shape index (κ3) is 3.77. The first-order valence-electron chi connectivity index (χ1n) is 8.23. The molecule has 2 amide bonds. The topological polar surface area (TPSA) is 45.2 Å². The van der Waals surface area contributed by atoms with Gasteiger partial charge in [0.05, 0.1) is 6.04 Å². The summed E-state index contributed by atoms with van der Waals surface area (Å²) < 4.78 is 0. The summed E-state index contributed by atoms with van der Waals surface area (Å²) in [4.78, 5) is 19.0. The summed E-state index contributed by atoms with van der Waals surface area (Å²) >= 11 is 3.68. The Morgan fingerprint density at radius 2 is 2.32 bits per heavy atom. The number of urea groups is 1. The number of nitrogens with zero attached hydrogens (tertiary/aromatic N) is 2. The molecule has 6 heteroatoms. The highest BCUT2D eigenvalue weighted by atomic mass is 32.2. The molecule has 122 valence electrons. The molecule has 0 bridgehead atoms. The zero-order chi connectivity index (χ0) is 15.5. The number of carbonyl (C=O) groups is 1. The Kier molecular flexibility index (Phi) is 5.29. The average Bonchev–Trinajstić information content (AvgIpc) is 3.01. The second-order valence-electron chi connectivity index (χ2n) is 6.29. The van der Waals surface area contributed by atoms with E-state index in [2.05, 4.69) is 17.2 Å². The van der Waals surface area contributed by atoms with Crippen LogP contribution in [0.25, 0.3) is 0 Å². The lowest BCUT2D eigenvalue weighted by Gasteiger charge is -2.27. The number of rotatable bonds is 6. The third-order valence-electron chi connectivity index (χ3n) is 4.72. The third-order valence-corrected chi connectivity index (χ3v) is 6.81. The first-order chi connectivity index (χ1) is 10.7. The Hall–Kier alpha value is -0.750. The number of carbonyl (C=O) groups excluding carboxylic acids is 1. The predicted octanol–water partition coefficient (Wildman–Crippen LogP) is 3.91. The van der Waals surface area contributed by atoms with E-state index in [0.29, 0.717) is 12.0 Å². The van der Waals surface area contributed by atoms with E-state index in [1.165, 1.54) is 25.0 Å². The molecule has 2 aliphatic carbocycles. The molecular weight excluding hydrogens is 314 g/mol.